The maximum absolute atomic E-state index is 14.2. The SMILES string of the molecule is CC(C)(C)c1cc(N2c3ccccc3C3(c4ccccc4-c4cc5[se]c6ccccc6c(=O)c5cc43)c3ccccc32)cc(C(C)(C)C)c1. The molecule has 7 aromatic rings. The average molecular weight is 701 g/mol. The molecule has 0 bridgehead atoms. The summed E-state index contributed by atoms with van der Waals surface area (Å²) < 4.78 is 2.35. The van der Waals surface area contributed by atoms with Crippen LogP contribution < -0.4 is 10.3 Å². The van der Waals surface area contributed by atoms with E-state index in [1.165, 1.54) is 70.1 Å². The number of benzene rings is 6. The predicted octanol–water partition coefficient (Wildman–Crippen LogP) is 11.2. The molecule has 9 rings (SSSR count). The van der Waals surface area contributed by atoms with E-state index >= 15 is 0 Å². The van der Waals surface area contributed by atoms with Crippen LogP contribution in [0.15, 0.2) is 132 Å². The van der Waals surface area contributed by atoms with Gasteiger partial charge >= 0.3 is 254 Å². The third-order valence-electron chi connectivity index (χ3n) is 10.7. The molecule has 1 aliphatic heterocycles. The molecular weight excluding hydrogens is 661 g/mol. The van der Waals surface area contributed by atoms with E-state index in [2.05, 4.69) is 162 Å². The van der Waals surface area contributed by atoms with Crippen LogP contribution in [0.4, 0.5) is 17.1 Å². The van der Waals surface area contributed by atoms with E-state index in [9.17, 15) is 4.79 Å². The van der Waals surface area contributed by atoms with Crippen molar-refractivity contribution in [2.75, 3.05) is 4.90 Å². The van der Waals surface area contributed by atoms with Crippen LogP contribution in [0.25, 0.3) is 30.4 Å². The molecule has 0 amide bonds. The first kappa shape index (κ1) is 30.4. The third-order valence-corrected chi connectivity index (χ3v) is 13.1. The molecule has 3 heteroatoms. The third kappa shape index (κ3) is 4.29. The Morgan fingerprint density at radius 2 is 1.06 bits per heavy atom. The average Bonchev–Trinajstić information content (AvgIpc) is 3.37. The van der Waals surface area contributed by atoms with E-state index in [0.29, 0.717) is 0 Å². The Balaban J connectivity index is 1.41. The summed E-state index contributed by atoms with van der Waals surface area (Å²) in [5.74, 6) is 0. The molecule has 6 aromatic carbocycles. The van der Waals surface area contributed by atoms with Gasteiger partial charge in [-0.2, -0.15) is 0 Å². The first-order chi connectivity index (χ1) is 23.5. The van der Waals surface area contributed by atoms with Crippen LogP contribution in [-0.4, -0.2) is 14.5 Å². The topological polar surface area (TPSA) is 20.3 Å². The number of nitrogens with zero attached hydrogens (tertiary/aromatic N) is 1. The van der Waals surface area contributed by atoms with E-state index in [1.807, 2.05) is 12.1 Å². The van der Waals surface area contributed by atoms with Gasteiger partial charge in [0.1, 0.15) is 0 Å². The molecule has 49 heavy (non-hydrogen) atoms. The fraction of sp³-hybridized carbons (Fsp3) is 0.196. The maximum atomic E-state index is 14.2. The molecule has 0 N–H and O–H groups in total. The molecule has 0 saturated carbocycles. The normalized spacial score (nSPS) is 14.5. The molecule has 0 unspecified atom stereocenters. The Labute approximate surface area is 294 Å². The second-order valence-electron chi connectivity index (χ2n) is 15.8. The van der Waals surface area contributed by atoms with Crippen LogP contribution in [0.2, 0.25) is 0 Å². The van der Waals surface area contributed by atoms with Gasteiger partial charge in [0, 0.05) is 0 Å². The molecule has 2 nitrogen and oxygen atoms in total. The number of hydrogen-bond acceptors (Lipinski definition) is 2. The zero-order valence-corrected chi connectivity index (χ0v) is 30.6. The second kappa shape index (κ2) is 10.4. The summed E-state index contributed by atoms with van der Waals surface area (Å²) in [5.41, 5.74) is 13.2. The van der Waals surface area contributed by atoms with Crippen molar-refractivity contribution in [2.24, 2.45) is 0 Å². The van der Waals surface area contributed by atoms with Gasteiger partial charge in [-0.15, -0.1) is 0 Å². The van der Waals surface area contributed by atoms with Crippen molar-refractivity contribution in [1.29, 1.82) is 0 Å². The van der Waals surface area contributed by atoms with Gasteiger partial charge in [0.25, 0.3) is 0 Å². The zero-order chi connectivity index (χ0) is 33.9. The zero-order valence-electron chi connectivity index (χ0n) is 28.9. The monoisotopic (exact) mass is 701 g/mol. The molecule has 1 aliphatic carbocycles. The standard InChI is InChI=1S/C46H39NOSe/c1-44(2,3)28-23-29(45(4,5)6)25-30(24-28)47-39-20-12-10-18-36(39)46(37-19-11-13-21-40(37)47)35-17-9-7-15-31(35)33-27-42-34(26-38(33)46)43(48)32-16-8-14-22-41(32)49-42/h7-27H,1-6H3. The minimum Gasteiger partial charge on any atom is -0.0561 e. The minimum absolute atomic E-state index is 0.0128. The molecular formula is C46H39NOSe. The van der Waals surface area contributed by atoms with Gasteiger partial charge in [0.05, 0.1) is 0 Å². The molecule has 0 radical (unpaired) electrons. The molecule has 0 fully saturated rings. The molecule has 1 spiro atoms. The predicted molar refractivity (Wildman–Crippen MR) is 208 cm³/mol. The van der Waals surface area contributed by atoms with Gasteiger partial charge in [-0.05, 0) is 0 Å². The first-order valence-corrected chi connectivity index (χ1v) is 18.9. The van der Waals surface area contributed by atoms with Crippen LogP contribution in [0.1, 0.15) is 74.9 Å². The molecule has 0 saturated heterocycles. The Hall–Kier alpha value is -4.69. The molecule has 2 aliphatic rings. The van der Waals surface area contributed by atoms with Crippen molar-refractivity contribution in [3.8, 4) is 11.1 Å². The van der Waals surface area contributed by atoms with Crippen molar-refractivity contribution < 1.29 is 0 Å². The van der Waals surface area contributed by atoms with E-state index in [1.54, 1.807) is 0 Å². The van der Waals surface area contributed by atoms with Gasteiger partial charge < -0.3 is 0 Å². The summed E-state index contributed by atoms with van der Waals surface area (Å²) in [6, 6.07) is 46.8. The molecule has 240 valence electrons. The van der Waals surface area contributed by atoms with Crippen molar-refractivity contribution in [3.05, 3.63) is 171 Å². The molecule has 1 aromatic heterocycles. The van der Waals surface area contributed by atoms with Crippen molar-refractivity contribution in [2.45, 2.75) is 57.8 Å². The van der Waals surface area contributed by atoms with Crippen molar-refractivity contribution in [3.63, 3.8) is 0 Å². The Bertz CT molecular complexity index is 2480. The number of hydrogen-bond donors (Lipinski definition) is 0. The minimum atomic E-state index is -0.580. The number of para-hydroxylation sites is 2. The fourth-order valence-corrected chi connectivity index (χ4v) is 10.6. The van der Waals surface area contributed by atoms with Crippen LogP contribution in [-0.2, 0) is 16.2 Å². The van der Waals surface area contributed by atoms with Crippen LogP contribution in [0, 0.1) is 0 Å². The van der Waals surface area contributed by atoms with E-state index < -0.39 is 5.41 Å². The van der Waals surface area contributed by atoms with Crippen LogP contribution >= 0.6 is 0 Å². The van der Waals surface area contributed by atoms with E-state index in [0.717, 1.165) is 10.8 Å². The number of rotatable bonds is 1. The first-order valence-electron chi connectivity index (χ1n) is 17.2. The Kier molecular flexibility index (Phi) is 6.45. The summed E-state index contributed by atoms with van der Waals surface area (Å²) in [6.45, 7) is 13.8. The quantitative estimate of drug-likeness (QED) is 0.126. The van der Waals surface area contributed by atoms with Gasteiger partial charge in [-0.3, -0.25) is 0 Å². The molecule has 2 heterocycles. The Morgan fingerprint density at radius 1 is 0.510 bits per heavy atom. The van der Waals surface area contributed by atoms with Gasteiger partial charge in [0.2, 0.25) is 0 Å². The van der Waals surface area contributed by atoms with E-state index in [4.69, 9.17) is 0 Å². The smallest absolute Gasteiger partial charge is 0.0561 e. The van der Waals surface area contributed by atoms with Crippen LogP contribution in [0.5, 0.6) is 0 Å². The van der Waals surface area contributed by atoms with E-state index in [-0.39, 0.29) is 30.8 Å². The second-order valence-corrected chi connectivity index (χ2v) is 18.0. The fourth-order valence-electron chi connectivity index (χ4n) is 8.28. The van der Waals surface area contributed by atoms with Crippen molar-refractivity contribution in [1.82, 2.24) is 0 Å². The summed E-state index contributed by atoms with van der Waals surface area (Å²) in [7, 11) is 0. The van der Waals surface area contributed by atoms with Crippen LogP contribution in [0.3, 0.4) is 0 Å². The van der Waals surface area contributed by atoms with Gasteiger partial charge in [-0.1, -0.05) is 41.5 Å². The number of anilines is 3. The van der Waals surface area contributed by atoms with Crippen molar-refractivity contribution >= 4 is 50.9 Å². The Morgan fingerprint density at radius 3 is 1.69 bits per heavy atom. The summed E-state index contributed by atoms with van der Waals surface area (Å²) >= 11 is 0.0571. The van der Waals surface area contributed by atoms with Gasteiger partial charge in [0.15, 0.2) is 0 Å². The summed E-state index contributed by atoms with van der Waals surface area (Å²) in [4.78, 5) is 16.7. The summed E-state index contributed by atoms with van der Waals surface area (Å²) in [6.07, 6.45) is 0. The molecule has 0 atom stereocenters. The van der Waals surface area contributed by atoms with Gasteiger partial charge in [-0.25, -0.2) is 0 Å². The summed E-state index contributed by atoms with van der Waals surface area (Å²) in [5, 5.41) is 1.71. The number of fused-ring (bicyclic) bond motifs is 11.